The summed E-state index contributed by atoms with van der Waals surface area (Å²) in [5, 5.41) is 14.1. The molecule has 0 aliphatic carbocycles. The molecule has 0 saturated carbocycles. The zero-order valence-electron chi connectivity index (χ0n) is 11.2. The molecule has 6 nitrogen and oxygen atoms in total. The van der Waals surface area contributed by atoms with Crippen LogP contribution in [0.5, 0.6) is 0 Å². The van der Waals surface area contributed by atoms with Crippen LogP contribution in [0, 0.1) is 16.7 Å². The molecule has 0 fully saturated rings. The Kier molecular flexibility index (Phi) is 7.72. The van der Waals surface area contributed by atoms with Gasteiger partial charge in [-0.1, -0.05) is 13.8 Å². The van der Waals surface area contributed by atoms with Crippen LogP contribution in [0.2, 0.25) is 0 Å². The molecule has 0 aromatic heterocycles. The number of hydrogen-bond donors (Lipinski definition) is 2. The summed E-state index contributed by atoms with van der Waals surface area (Å²) in [6, 6.07) is 2.03. The van der Waals surface area contributed by atoms with Gasteiger partial charge in [0.05, 0.1) is 19.2 Å². The fraction of sp³-hybridized carbons (Fsp3) is 0.750. The van der Waals surface area contributed by atoms with Crippen LogP contribution in [0.15, 0.2) is 0 Å². The van der Waals surface area contributed by atoms with E-state index >= 15 is 0 Å². The Balaban J connectivity index is 4.17. The number of methoxy groups -OCH3 is 1. The largest absolute Gasteiger partial charge is 0.383 e. The Morgan fingerprint density at radius 2 is 1.89 bits per heavy atom. The van der Waals surface area contributed by atoms with E-state index in [1.807, 2.05) is 6.07 Å². The molecule has 0 heterocycles. The van der Waals surface area contributed by atoms with Gasteiger partial charge in [0, 0.05) is 13.7 Å². The lowest BCUT2D eigenvalue weighted by Crippen LogP contribution is -2.44. The summed E-state index contributed by atoms with van der Waals surface area (Å²) in [5.41, 5.74) is -1.03. The van der Waals surface area contributed by atoms with Gasteiger partial charge in [0.2, 0.25) is 11.8 Å². The molecule has 0 radical (unpaired) electrons. The Morgan fingerprint density at radius 3 is 2.33 bits per heavy atom. The van der Waals surface area contributed by atoms with Crippen LogP contribution in [-0.2, 0) is 14.3 Å². The van der Waals surface area contributed by atoms with Gasteiger partial charge in [-0.15, -0.1) is 0 Å². The van der Waals surface area contributed by atoms with Crippen molar-refractivity contribution in [1.82, 2.24) is 10.6 Å². The van der Waals surface area contributed by atoms with Crippen LogP contribution >= 0.6 is 0 Å². The third kappa shape index (κ3) is 4.72. The van der Waals surface area contributed by atoms with E-state index < -0.39 is 11.3 Å². The van der Waals surface area contributed by atoms with Crippen molar-refractivity contribution in [3.05, 3.63) is 0 Å². The molecule has 0 saturated heterocycles. The Labute approximate surface area is 108 Å². The van der Waals surface area contributed by atoms with Crippen molar-refractivity contribution in [1.29, 1.82) is 5.26 Å². The number of amides is 2. The summed E-state index contributed by atoms with van der Waals surface area (Å²) in [5.74, 6) is -0.684. The van der Waals surface area contributed by atoms with E-state index in [-0.39, 0.29) is 12.5 Å². The van der Waals surface area contributed by atoms with E-state index in [1.54, 1.807) is 13.8 Å². The minimum absolute atomic E-state index is 0.119. The van der Waals surface area contributed by atoms with Crippen LogP contribution in [0.25, 0.3) is 0 Å². The normalized spacial score (nSPS) is 10.6. The topological polar surface area (TPSA) is 91.2 Å². The lowest BCUT2D eigenvalue weighted by molar-refractivity contribution is -0.131. The Morgan fingerprint density at radius 1 is 1.28 bits per heavy atom. The molecule has 0 aliphatic heterocycles. The minimum atomic E-state index is -1.03. The summed E-state index contributed by atoms with van der Waals surface area (Å²) in [7, 11) is 1.54. The molecule has 6 heteroatoms. The molecular formula is C12H21N3O3. The van der Waals surface area contributed by atoms with Crippen LogP contribution < -0.4 is 10.6 Å². The standard InChI is InChI=1S/C12H21N3O3/c1-4-12(5-2,9-13)11(17)15-8-10(16)14-6-7-18-3/h4-8H2,1-3H3,(H,14,16)(H,15,17). The number of rotatable bonds is 8. The van der Waals surface area contributed by atoms with Crippen molar-refractivity contribution >= 4 is 11.8 Å². The number of carbonyl (C=O) groups is 2. The summed E-state index contributed by atoms with van der Waals surface area (Å²) in [6.07, 6.45) is 0.855. The van der Waals surface area contributed by atoms with Gasteiger partial charge in [-0.3, -0.25) is 9.59 Å². The van der Waals surface area contributed by atoms with Crippen molar-refractivity contribution in [2.24, 2.45) is 5.41 Å². The summed E-state index contributed by atoms with van der Waals surface area (Å²) < 4.78 is 4.78. The lowest BCUT2D eigenvalue weighted by Gasteiger charge is -2.21. The lowest BCUT2D eigenvalue weighted by atomic mass is 9.83. The number of carbonyl (C=O) groups excluding carboxylic acids is 2. The second-order valence-electron chi connectivity index (χ2n) is 3.93. The second-order valence-corrected chi connectivity index (χ2v) is 3.93. The maximum absolute atomic E-state index is 11.9. The maximum Gasteiger partial charge on any atom is 0.240 e. The first-order chi connectivity index (χ1) is 8.56. The van der Waals surface area contributed by atoms with Gasteiger partial charge in [-0.2, -0.15) is 5.26 Å². The molecule has 0 spiro atoms. The van der Waals surface area contributed by atoms with Gasteiger partial charge in [-0.05, 0) is 12.8 Å². The van der Waals surface area contributed by atoms with E-state index in [1.165, 1.54) is 7.11 Å². The average Bonchev–Trinajstić information content (AvgIpc) is 2.39. The van der Waals surface area contributed by atoms with Crippen LogP contribution in [0.4, 0.5) is 0 Å². The van der Waals surface area contributed by atoms with Crippen molar-refractivity contribution in [3.8, 4) is 6.07 Å². The van der Waals surface area contributed by atoms with Gasteiger partial charge in [0.15, 0.2) is 0 Å². The molecular weight excluding hydrogens is 234 g/mol. The van der Waals surface area contributed by atoms with Crippen molar-refractivity contribution in [3.63, 3.8) is 0 Å². The third-order valence-electron chi connectivity index (χ3n) is 2.89. The summed E-state index contributed by atoms with van der Waals surface area (Å²) in [6.45, 7) is 4.27. The van der Waals surface area contributed by atoms with Crippen LogP contribution in [0.1, 0.15) is 26.7 Å². The molecule has 102 valence electrons. The van der Waals surface area contributed by atoms with Gasteiger partial charge in [0.1, 0.15) is 5.41 Å². The highest BCUT2D eigenvalue weighted by molar-refractivity contribution is 5.89. The molecule has 0 bridgehead atoms. The molecule has 18 heavy (non-hydrogen) atoms. The zero-order valence-corrected chi connectivity index (χ0v) is 11.2. The van der Waals surface area contributed by atoms with Gasteiger partial charge >= 0.3 is 0 Å². The smallest absolute Gasteiger partial charge is 0.240 e. The zero-order chi connectivity index (χ0) is 14.0. The SMILES string of the molecule is CCC(C#N)(CC)C(=O)NCC(=O)NCCOC. The van der Waals surface area contributed by atoms with Gasteiger partial charge in [0.25, 0.3) is 0 Å². The van der Waals surface area contributed by atoms with Crippen molar-refractivity contribution in [2.75, 3.05) is 26.8 Å². The van der Waals surface area contributed by atoms with Crippen molar-refractivity contribution < 1.29 is 14.3 Å². The number of hydrogen-bond acceptors (Lipinski definition) is 4. The first-order valence-corrected chi connectivity index (χ1v) is 6.01. The quantitative estimate of drug-likeness (QED) is 0.606. The number of ether oxygens (including phenoxy) is 1. The predicted octanol–water partition coefficient (Wildman–Crippen LogP) is 0.195. The minimum Gasteiger partial charge on any atom is -0.383 e. The van der Waals surface area contributed by atoms with Gasteiger partial charge in [-0.25, -0.2) is 0 Å². The van der Waals surface area contributed by atoms with E-state index in [2.05, 4.69) is 10.6 Å². The number of nitriles is 1. The monoisotopic (exact) mass is 255 g/mol. The van der Waals surface area contributed by atoms with E-state index in [9.17, 15) is 9.59 Å². The molecule has 0 rings (SSSR count). The second kappa shape index (κ2) is 8.48. The maximum atomic E-state index is 11.9. The highest BCUT2D eigenvalue weighted by Gasteiger charge is 2.34. The van der Waals surface area contributed by atoms with Gasteiger partial charge < -0.3 is 15.4 Å². The summed E-state index contributed by atoms with van der Waals surface area (Å²) in [4.78, 5) is 23.2. The number of nitrogens with zero attached hydrogens (tertiary/aromatic N) is 1. The fourth-order valence-corrected chi connectivity index (χ4v) is 1.46. The molecule has 0 aliphatic rings. The molecule has 0 aromatic rings. The first kappa shape index (κ1) is 16.4. The highest BCUT2D eigenvalue weighted by atomic mass is 16.5. The van der Waals surface area contributed by atoms with Crippen LogP contribution in [-0.4, -0.2) is 38.6 Å². The molecule has 0 unspecified atom stereocenters. The van der Waals surface area contributed by atoms with Crippen LogP contribution in [0.3, 0.4) is 0 Å². The Bertz CT molecular complexity index is 319. The Hall–Kier alpha value is -1.61. The summed E-state index contributed by atoms with van der Waals surface area (Å²) >= 11 is 0. The fourth-order valence-electron chi connectivity index (χ4n) is 1.46. The van der Waals surface area contributed by atoms with E-state index in [0.717, 1.165) is 0 Å². The molecule has 2 N–H and O–H groups in total. The highest BCUT2D eigenvalue weighted by Crippen LogP contribution is 2.25. The van der Waals surface area contributed by atoms with Crippen molar-refractivity contribution in [2.45, 2.75) is 26.7 Å². The predicted molar refractivity (Wildman–Crippen MR) is 66.5 cm³/mol. The molecule has 2 amide bonds. The average molecular weight is 255 g/mol. The first-order valence-electron chi connectivity index (χ1n) is 6.01. The number of nitrogens with one attached hydrogen (secondary N) is 2. The third-order valence-corrected chi connectivity index (χ3v) is 2.89. The van der Waals surface area contributed by atoms with E-state index in [4.69, 9.17) is 10.00 Å². The molecule has 0 atom stereocenters. The van der Waals surface area contributed by atoms with E-state index in [0.29, 0.717) is 26.0 Å². The molecule has 0 aromatic carbocycles.